The van der Waals surface area contributed by atoms with Crippen LogP contribution in [-0.2, 0) is 0 Å². The summed E-state index contributed by atoms with van der Waals surface area (Å²) in [6.45, 7) is 4.51. The second kappa shape index (κ2) is 4.71. The molecule has 0 saturated heterocycles. The molecule has 1 saturated carbocycles. The second-order valence-corrected chi connectivity index (χ2v) is 4.43. The monoisotopic (exact) mass is 235 g/mol. The number of nitrogens with zero attached hydrogens (tertiary/aromatic N) is 1. The molecule has 0 N–H and O–H groups in total. The van der Waals surface area contributed by atoms with Crippen molar-refractivity contribution in [2.45, 2.75) is 18.9 Å². The quantitative estimate of drug-likeness (QED) is 0.577. The molecule has 2 nitrogen and oxygen atoms in total. The van der Waals surface area contributed by atoms with Crippen LogP contribution in [-0.4, -0.2) is 18.9 Å². The Bertz CT molecular complexity index is 412. The largest absolute Gasteiger partial charge is 0.364 e. The Morgan fingerprint density at radius 3 is 2.81 bits per heavy atom. The number of carbonyl (C=O) groups excluding carboxylic acids is 1. The van der Waals surface area contributed by atoms with E-state index in [2.05, 4.69) is 11.5 Å². The first-order chi connectivity index (χ1) is 7.76. The summed E-state index contributed by atoms with van der Waals surface area (Å²) < 4.78 is 0. The van der Waals surface area contributed by atoms with Crippen LogP contribution in [0.5, 0.6) is 0 Å². The molecule has 84 valence electrons. The summed E-state index contributed by atoms with van der Waals surface area (Å²) in [6, 6.07) is 5.90. The van der Waals surface area contributed by atoms with E-state index in [0.717, 1.165) is 18.5 Å². The van der Waals surface area contributed by atoms with E-state index >= 15 is 0 Å². The minimum Gasteiger partial charge on any atom is -0.364 e. The number of hydrogen-bond donors (Lipinski definition) is 0. The van der Waals surface area contributed by atoms with Gasteiger partial charge in [0.05, 0.1) is 0 Å². The van der Waals surface area contributed by atoms with E-state index in [1.54, 1.807) is 12.1 Å². The lowest BCUT2D eigenvalue weighted by atomic mass is 10.1. The zero-order chi connectivity index (χ0) is 11.5. The first-order valence-electron chi connectivity index (χ1n) is 5.38. The normalized spacial score (nSPS) is 14.6. The van der Waals surface area contributed by atoms with Crippen LogP contribution >= 0.6 is 11.6 Å². The molecule has 1 aromatic rings. The summed E-state index contributed by atoms with van der Waals surface area (Å²) in [5.74, 6) is 0. The maximum Gasteiger partial charge on any atom is 0.152 e. The van der Waals surface area contributed by atoms with Crippen LogP contribution in [0.3, 0.4) is 0 Å². The highest BCUT2D eigenvalue weighted by Crippen LogP contribution is 2.34. The molecule has 1 aliphatic carbocycles. The van der Waals surface area contributed by atoms with Gasteiger partial charge in [-0.25, -0.2) is 0 Å². The lowest BCUT2D eigenvalue weighted by molar-refractivity contribution is 0.112. The first kappa shape index (κ1) is 11.2. The van der Waals surface area contributed by atoms with Gasteiger partial charge in [-0.3, -0.25) is 4.79 Å². The van der Waals surface area contributed by atoms with Gasteiger partial charge < -0.3 is 4.90 Å². The van der Waals surface area contributed by atoms with Crippen LogP contribution in [0.2, 0.25) is 5.02 Å². The SMILES string of the molecule is C=CCN(c1cc(Cl)ccc1C=O)C1CC1. The van der Waals surface area contributed by atoms with Crippen LogP contribution in [0, 0.1) is 0 Å². The molecule has 0 atom stereocenters. The summed E-state index contributed by atoms with van der Waals surface area (Å²) in [7, 11) is 0. The van der Waals surface area contributed by atoms with Crippen molar-refractivity contribution < 1.29 is 4.79 Å². The van der Waals surface area contributed by atoms with Crippen LogP contribution in [0.4, 0.5) is 5.69 Å². The van der Waals surface area contributed by atoms with Gasteiger partial charge in [0.1, 0.15) is 0 Å². The molecule has 16 heavy (non-hydrogen) atoms. The molecule has 3 heteroatoms. The van der Waals surface area contributed by atoms with Crippen molar-refractivity contribution in [2.24, 2.45) is 0 Å². The fourth-order valence-electron chi connectivity index (χ4n) is 1.83. The molecular weight excluding hydrogens is 222 g/mol. The average Bonchev–Trinajstić information content (AvgIpc) is 3.10. The van der Waals surface area contributed by atoms with Crippen LogP contribution in [0.1, 0.15) is 23.2 Å². The number of halogens is 1. The Morgan fingerprint density at radius 2 is 2.25 bits per heavy atom. The Balaban J connectivity index is 2.37. The maximum atomic E-state index is 11.0. The third kappa shape index (κ3) is 2.27. The molecule has 0 spiro atoms. The Labute approximate surface area is 101 Å². The molecule has 0 bridgehead atoms. The molecule has 0 heterocycles. The summed E-state index contributed by atoms with van der Waals surface area (Å²) >= 11 is 5.97. The highest BCUT2D eigenvalue weighted by atomic mass is 35.5. The lowest BCUT2D eigenvalue weighted by Gasteiger charge is -2.24. The van der Waals surface area contributed by atoms with Crippen LogP contribution in [0.25, 0.3) is 0 Å². The van der Waals surface area contributed by atoms with E-state index in [0.29, 0.717) is 16.6 Å². The van der Waals surface area contributed by atoms with Crippen molar-refractivity contribution in [3.05, 3.63) is 41.4 Å². The third-order valence-corrected chi connectivity index (χ3v) is 2.98. The van der Waals surface area contributed by atoms with Gasteiger partial charge in [-0.15, -0.1) is 6.58 Å². The summed E-state index contributed by atoms with van der Waals surface area (Å²) in [5, 5.41) is 0.662. The number of benzene rings is 1. The average molecular weight is 236 g/mol. The van der Waals surface area contributed by atoms with Gasteiger partial charge in [0.15, 0.2) is 6.29 Å². The topological polar surface area (TPSA) is 20.3 Å². The van der Waals surface area contributed by atoms with E-state index in [9.17, 15) is 4.79 Å². The van der Waals surface area contributed by atoms with Gasteiger partial charge in [0.25, 0.3) is 0 Å². The first-order valence-corrected chi connectivity index (χ1v) is 5.76. The second-order valence-electron chi connectivity index (χ2n) is 3.99. The maximum absolute atomic E-state index is 11.0. The van der Waals surface area contributed by atoms with E-state index < -0.39 is 0 Å². The van der Waals surface area contributed by atoms with Gasteiger partial charge in [0.2, 0.25) is 0 Å². The van der Waals surface area contributed by atoms with Crippen molar-refractivity contribution in [3.63, 3.8) is 0 Å². The highest BCUT2D eigenvalue weighted by Gasteiger charge is 2.29. The smallest absolute Gasteiger partial charge is 0.152 e. The summed E-state index contributed by atoms with van der Waals surface area (Å²) in [4.78, 5) is 13.2. The molecule has 0 amide bonds. The Hall–Kier alpha value is -1.28. The van der Waals surface area contributed by atoms with Gasteiger partial charge >= 0.3 is 0 Å². The van der Waals surface area contributed by atoms with Gasteiger partial charge in [-0.2, -0.15) is 0 Å². The third-order valence-electron chi connectivity index (χ3n) is 2.74. The molecule has 0 aliphatic heterocycles. The number of carbonyl (C=O) groups is 1. The lowest BCUT2D eigenvalue weighted by Crippen LogP contribution is -2.26. The van der Waals surface area contributed by atoms with Crippen molar-refractivity contribution >= 4 is 23.6 Å². The predicted molar refractivity (Wildman–Crippen MR) is 67.4 cm³/mol. The molecule has 0 radical (unpaired) electrons. The van der Waals surface area contributed by atoms with Crippen LogP contribution < -0.4 is 4.90 Å². The van der Waals surface area contributed by atoms with E-state index in [-0.39, 0.29) is 0 Å². The standard InChI is InChI=1S/C13H14ClNO/c1-2-7-15(12-5-6-12)13-8-11(14)4-3-10(13)9-16/h2-4,8-9,12H,1,5-7H2. The minimum atomic E-state index is 0.537. The Morgan fingerprint density at radius 1 is 1.50 bits per heavy atom. The van der Waals surface area contributed by atoms with Crippen LogP contribution in [0.15, 0.2) is 30.9 Å². The van der Waals surface area contributed by atoms with Gasteiger partial charge in [0, 0.05) is 28.9 Å². The summed E-state index contributed by atoms with van der Waals surface area (Å²) in [5.41, 5.74) is 1.61. The van der Waals surface area contributed by atoms with Crippen molar-refractivity contribution in [2.75, 3.05) is 11.4 Å². The summed E-state index contributed by atoms with van der Waals surface area (Å²) in [6.07, 6.45) is 5.09. The molecular formula is C13H14ClNO. The number of aldehydes is 1. The van der Waals surface area contributed by atoms with Crippen molar-refractivity contribution in [1.82, 2.24) is 0 Å². The number of rotatable bonds is 5. The van der Waals surface area contributed by atoms with E-state index in [4.69, 9.17) is 11.6 Å². The molecule has 0 unspecified atom stereocenters. The zero-order valence-corrected chi connectivity index (χ0v) is 9.78. The van der Waals surface area contributed by atoms with Crippen molar-refractivity contribution in [1.29, 1.82) is 0 Å². The molecule has 2 rings (SSSR count). The highest BCUT2D eigenvalue weighted by molar-refractivity contribution is 6.31. The molecule has 1 aromatic carbocycles. The van der Waals surface area contributed by atoms with E-state index in [1.807, 2.05) is 12.1 Å². The molecule has 0 aromatic heterocycles. The predicted octanol–water partition coefficient (Wildman–Crippen LogP) is 3.31. The van der Waals surface area contributed by atoms with Gasteiger partial charge in [-0.1, -0.05) is 17.7 Å². The number of hydrogen-bond acceptors (Lipinski definition) is 2. The zero-order valence-electron chi connectivity index (χ0n) is 9.03. The van der Waals surface area contributed by atoms with Gasteiger partial charge in [-0.05, 0) is 31.0 Å². The van der Waals surface area contributed by atoms with E-state index in [1.165, 1.54) is 12.8 Å². The molecule has 1 aliphatic rings. The number of anilines is 1. The fourth-order valence-corrected chi connectivity index (χ4v) is 2.00. The van der Waals surface area contributed by atoms with Crippen molar-refractivity contribution in [3.8, 4) is 0 Å². The molecule has 1 fully saturated rings. The fraction of sp³-hybridized carbons (Fsp3) is 0.308. The Kier molecular flexibility index (Phi) is 3.30. The minimum absolute atomic E-state index is 0.537.